The van der Waals surface area contributed by atoms with Crippen LogP contribution in [-0.4, -0.2) is 32.6 Å². The first kappa shape index (κ1) is 8.31. The van der Waals surface area contributed by atoms with Gasteiger partial charge >= 0.3 is 6.18 Å². The van der Waals surface area contributed by atoms with Gasteiger partial charge in [-0.05, 0) is 5.21 Å². The molecule has 0 atom stereocenters. The zero-order valence-corrected chi connectivity index (χ0v) is 5.91. The molecule has 0 fully saturated rings. The third kappa shape index (κ3) is 3.21. The molecule has 0 aliphatic heterocycles. The van der Waals surface area contributed by atoms with Gasteiger partial charge in [0, 0.05) is 0 Å². The molecule has 0 saturated heterocycles. The molecule has 8 heteroatoms. The zero-order valence-electron chi connectivity index (χ0n) is 5.09. The average molecular weight is 184 g/mol. The molecule has 1 rings (SSSR count). The van der Waals surface area contributed by atoms with E-state index in [2.05, 4.69) is 20.6 Å². The molecule has 1 N–H and O–H groups in total. The van der Waals surface area contributed by atoms with Gasteiger partial charge in [-0.15, -0.1) is 10.2 Å². The van der Waals surface area contributed by atoms with Crippen LogP contribution < -0.4 is 0 Å². The predicted molar refractivity (Wildman–Crippen MR) is 31.0 cm³/mol. The van der Waals surface area contributed by atoms with Crippen LogP contribution in [0.2, 0.25) is 0 Å². The summed E-state index contributed by atoms with van der Waals surface area (Å²) >= 11 is 0.493. The molecular weight excluding hydrogens is 181 g/mol. The van der Waals surface area contributed by atoms with Gasteiger partial charge in [-0.2, -0.15) is 18.4 Å². The second kappa shape index (κ2) is 3.07. The number of halogens is 3. The van der Waals surface area contributed by atoms with E-state index in [4.69, 9.17) is 0 Å². The minimum atomic E-state index is -4.19. The molecular formula is C3H3F3N4S. The topological polar surface area (TPSA) is 54.5 Å². The van der Waals surface area contributed by atoms with E-state index in [1.165, 1.54) is 0 Å². The van der Waals surface area contributed by atoms with E-state index in [1.54, 1.807) is 0 Å². The molecule has 0 radical (unpaired) electrons. The fourth-order valence-electron chi connectivity index (χ4n) is 0.360. The van der Waals surface area contributed by atoms with Gasteiger partial charge in [0.2, 0.25) is 5.16 Å². The van der Waals surface area contributed by atoms with Gasteiger partial charge in [0.25, 0.3) is 0 Å². The normalized spacial score (nSPS) is 11.9. The number of H-pyrrole nitrogens is 1. The molecule has 4 nitrogen and oxygen atoms in total. The summed E-state index contributed by atoms with van der Waals surface area (Å²) in [6, 6.07) is 0. The second-order valence-corrected chi connectivity index (χ2v) is 2.54. The fourth-order valence-corrected chi connectivity index (χ4v) is 0.857. The van der Waals surface area contributed by atoms with E-state index in [9.17, 15) is 13.2 Å². The lowest BCUT2D eigenvalue weighted by Gasteiger charge is -2.01. The molecule has 0 aliphatic rings. The molecule has 0 spiro atoms. The first-order valence-corrected chi connectivity index (χ1v) is 3.49. The van der Waals surface area contributed by atoms with Crippen LogP contribution in [0.1, 0.15) is 0 Å². The van der Waals surface area contributed by atoms with E-state index in [1.807, 2.05) is 0 Å². The van der Waals surface area contributed by atoms with Crippen molar-refractivity contribution in [2.24, 2.45) is 0 Å². The third-order valence-corrected chi connectivity index (χ3v) is 1.59. The lowest BCUT2D eigenvalue weighted by molar-refractivity contribution is -0.105. The van der Waals surface area contributed by atoms with Crippen LogP contribution in [0.5, 0.6) is 0 Å². The number of tetrazole rings is 1. The average Bonchev–Trinajstić information content (AvgIpc) is 2.32. The maximum Gasteiger partial charge on any atom is 0.398 e. The van der Waals surface area contributed by atoms with Crippen LogP contribution >= 0.6 is 11.8 Å². The fraction of sp³-hybridized carbons (Fsp3) is 0.667. The summed E-state index contributed by atoms with van der Waals surface area (Å²) in [5, 5.41) is 11.8. The minimum Gasteiger partial charge on any atom is -0.176 e. The van der Waals surface area contributed by atoms with Crippen LogP contribution in [0.3, 0.4) is 0 Å². The minimum absolute atomic E-state index is 0.00215. The van der Waals surface area contributed by atoms with E-state index in [0.717, 1.165) is 0 Å². The van der Waals surface area contributed by atoms with Gasteiger partial charge in [0.05, 0.1) is 5.75 Å². The molecule has 0 bridgehead atoms. The van der Waals surface area contributed by atoms with E-state index < -0.39 is 11.9 Å². The number of rotatable bonds is 2. The molecule has 1 aromatic rings. The van der Waals surface area contributed by atoms with Gasteiger partial charge < -0.3 is 0 Å². The second-order valence-electron chi connectivity index (χ2n) is 1.60. The Hall–Kier alpha value is -0.790. The Kier molecular flexibility index (Phi) is 2.32. The molecule has 0 amide bonds. The highest BCUT2D eigenvalue weighted by molar-refractivity contribution is 7.99. The van der Waals surface area contributed by atoms with Crippen LogP contribution in [-0.2, 0) is 0 Å². The number of hydrogen-bond donors (Lipinski definition) is 1. The molecule has 0 unspecified atom stereocenters. The van der Waals surface area contributed by atoms with Crippen LogP contribution in [0.15, 0.2) is 5.16 Å². The predicted octanol–water partition coefficient (Wildman–Crippen LogP) is 0.854. The highest BCUT2D eigenvalue weighted by Crippen LogP contribution is 2.23. The van der Waals surface area contributed by atoms with Crippen molar-refractivity contribution in [2.75, 3.05) is 5.75 Å². The molecule has 0 aliphatic carbocycles. The summed E-state index contributed by atoms with van der Waals surface area (Å²) in [4.78, 5) is 0. The van der Waals surface area contributed by atoms with E-state index in [-0.39, 0.29) is 5.16 Å². The van der Waals surface area contributed by atoms with Crippen molar-refractivity contribution in [1.29, 1.82) is 0 Å². The van der Waals surface area contributed by atoms with E-state index >= 15 is 0 Å². The van der Waals surface area contributed by atoms with Crippen LogP contribution in [0, 0.1) is 0 Å². The summed E-state index contributed by atoms with van der Waals surface area (Å²) in [5.74, 6) is -0.994. The maximum atomic E-state index is 11.5. The molecule has 62 valence electrons. The summed E-state index contributed by atoms with van der Waals surface area (Å²) in [6.07, 6.45) is -4.19. The highest BCUT2D eigenvalue weighted by Gasteiger charge is 2.27. The molecule has 0 aromatic carbocycles. The Bertz CT molecular complexity index is 207. The van der Waals surface area contributed by atoms with Crippen molar-refractivity contribution >= 4 is 11.8 Å². The number of nitrogens with one attached hydrogen (secondary N) is 1. The van der Waals surface area contributed by atoms with Crippen molar-refractivity contribution in [3.8, 4) is 0 Å². The number of aromatic nitrogens is 4. The number of alkyl halides is 3. The molecule has 1 heterocycles. The lowest BCUT2D eigenvalue weighted by Crippen LogP contribution is -2.10. The molecule has 11 heavy (non-hydrogen) atoms. The summed E-state index contributed by atoms with van der Waals surface area (Å²) in [6.45, 7) is 0. The summed E-state index contributed by atoms with van der Waals surface area (Å²) in [7, 11) is 0. The summed E-state index contributed by atoms with van der Waals surface area (Å²) < 4.78 is 34.6. The zero-order chi connectivity index (χ0) is 8.32. The lowest BCUT2D eigenvalue weighted by atomic mass is 10.8. The quantitative estimate of drug-likeness (QED) is 0.692. The molecule has 1 aromatic heterocycles. The smallest absolute Gasteiger partial charge is 0.176 e. The Morgan fingerprint density at radius 3 is 2.64 bits per heavy atom. The Balaban J connectivity index is 2.35. The number of hydrogen-bond acceptors (Lipinski definition) is 4. The van der Waals surface area contributed by atoms with Crippen molar-refractivity contribution in [3.63, 3.8) is 0 Å². The summed E-state index contributed by atoms with van der Waals surface area (Å²) in [5.41, 5.74) is 0. The van der Waals surface area contributed by atoms with Crippen molar-refractivity contribution in [2.45, 2.75) is 11.3 Å². The Labute approximate surface area is 63.6 Å². The standard InChI is InChI=1S/C3H3F3N4S/c4-3(5,6)1-11-2-7-9-10-8-2/h1H2,(H,7,8,9,10). The van der Waals surface area contributed by atoms with Gasteiger partial charge in [0.15, 0.2) is 0 Å². The largest absolute Gasteiger partial charge is 0.398 e. The van der Waals surface area contributed by atoms with Crippen LogP contribution in [0.25, 0.3) is 0 Å². The van der Waals surface area contributed by atoms with Crippen LogP contribution in [0.4, 0.5) is 13.2 Å². The van der Waals surface area contributed by atoms with E-state index in [0.29, 0.717) is 11.8 Å². The first-order valence-electron chi connectivity index (χ1n) is 2.51. The van der Waals surface area contributed by atoms with Gasteiger partial charge in [-0.1, -0.05) is 11.8 Å². The Morgan fingerprint density at radius 2 is 2.18 bits per heavy atom. The monoisotopic (exact) mass is 184 g/mol. The van der Waals surface area contributed by atoms with Gasteiger partial charge in [-0.3, -0.25) is 0 Å². The molecule has 0 saturated carbocycles. The van der Waals surface area contributed by atoms with Crippen molar-refractivity contribution in [1.82, 2.24) is 20.6 Å². The van der Waals surface area contributed by atoms with Crippen molar-refractivity contribution in [3.05, 3.63) is 0 Å². The number of thioether (sulfide) groups is 1. The first-order chi connectivity index (χ1) is 5.08. The van der Waals surface area contributed by atoms with Crippen molar-refractivity contribution < 1.29 is 13.2 Å². The van der Waals surface area contributed by atoms with Gasteiger partial charge in [0.1, 0.15) is 0 Å². The Morgan fingerprint density at radius 1 is 1.45 bits per heavy atom. The van der Waals surface area contributed by atoms with Gasteiger partial charge in [-0.25, -0.2) is 0 Å². The SMILES string of the molecule is FC(F)(F)CSc1nn[nH]n1. The highest BCUT2D eigenvalue weighted by atomic mass is 32.2. The number of aromatic amines is 1. The number of nitrogens with zero attached hydrogens (tertiary/aromatic N) is 3. The maximum absolute atomic E-state index is 11.5. The third-order valence-electron chi connectivity index (χ3n) is 0.691.